The number of hydrogen-bond donors (Lipinski definition) is 1. The van der Waals surface area contributed by atoms with Crippen LogP contribution in [0, 0.1) is 17.0 Å². The van der Waals surface area contributed by atoms with Gasteiger partial charge in [0.25, 0.3) is 5.91 Å². The van der Waals surface area contributed by atoms with Crippen LogP contribution in [-0.2, 0) is 11.2 Å². The highest BCUT2D eigenvalue weighted by molar-refractivity contribution is 5.92. The standard InChI is InChI=1S/C17H18N2O4/c1-3-13-5-4-6-14(10-13)18-17(20)11-23-16-9-12(2)7-8-15(16)19(21)22/h4-10H,3,11H2,1-2H3,(H,18,20). The molecule has 23 heavy (non-hydrogen) atoms. The fourth-order valence-electron chi connectivity index (χ4n) is 2.10. The maximum absolute atomic E-state index is 11.9. The Morgan fingerprint density at radius 2 is 2.04 bits per heavy atom. The molecule has 0 bridgehead atoms. The van der Waals surface area contributed by atoms with Gasteiger partial charge < -0.3 is 10.1 Å². The van der Waals surface area contributed by atoms with Crippen LogP contribution in [-0.4, -0.2) is 17.4 Å². The number of nitro groups is 1. The summed E-state index contributed by atoms with van der Waals surface area (Å²) in [4.78, 5) is 22.4. The number of hydrogen-bond acceptors (Lipinski definition) is 4. The molecular formula is C17H18N2O4. The number of carbonyl (C=O) groups excluding carboxylic acids is 1. The summed E-state index contributed by atoms with van der Waals surface area (Å²) >= 11 is 0. The first kappa shape index (κ1) is 16.5. The molecule has 2 rings (SSSR count). The van der Waals surface area contributed by atoms with E-state index >= 15 is 0 Å². The number of ether oxygens (including phenoxy) is 1. The molecule has 0 aliphatic rings. The molecular weight excluding hydrogens is 296 g/mol. The number of nitrogens with zero attached hydrogens (tertiary/aromatic N) is 1. The van der Waals surface area contributed by atoms with E-state index in [9.17, 15) is 14.9 Å². The molecule has 0 heterocycles. The molecule has 0 unspecified atom stereocenters. The van der Waals surface area contributed by atoms with Gasteiger partial charge in [-0.05, 0) is 42.7 Å². The van der Waals surface area contributed by atoms with Crippen molar-refractivity contribution in [2.45, 2.75) is 20.3 Å². The lowest BCUT2D eigenvalue weighted by Gasteiger charge is -2.09. The second-order valence-corrected chi connectivity index (χ2v) is 5.12. The molecule has 0 aliphatic heterocycles. The third kappa shape index (κ3) is 4.54. The average molecular weight is 314 g/mol. The van der Waals surface area contributed by atoms with Gasteiger partial charge in [-0.2, -0.15) is 0 Å². The smallest absolute Gasteiger partial charge is 0.310 e. The monoisotopic (exact) mass is 314 g/mol. The van der Waals surface area contributed by atoms with E-state index in [1.54, 1.807) is 25.1 Å². The highest BCUT2D eigenvalue weighted by atomic mass is 16.6. The SMILES string of the molecule is CCc1cccc(NC(=O)COc2cc(C)ccc2[N+](=O)[O-])c1. The lowest BCUT2D eigenvalue weighted by molar-refractivity contribution is -0.385. The number of nitrogens with one attached hydrogen (secondary N) is 1. The van der Waals surface area contributed by atoms with Crippen molar-refractivity contribution in [3.05, 3.63) is 63.7 Å². The Bertz CT molecular complexity index is 728. The highest BCUT2D eigenvalue weighted by Gasteiger charge is 2.16. The molecule has 1 amide bonds. The molecule has 0 aliphatic carbocycles. The molecule has 1 N–H and O–H groups in total. The predicted molar refractivity (Wildman–Crippen MR) is 87.8 cm³/mol. The Hall–Kier alpha value is -2.89. The third-order valence-corrected chi connectivity index (χ3v) is 3.29. The molecule has 0 aromatic heterocycles. The van der Waals surface area contributed by atoms with E-state index in [1.165, 1.54) is 6.07 Å². The molecule has 0 atom stereocenters. The fourth-order valence-corrected chi connectivity index (χ4v) is 2.10. The van der Waals surface area contributed by atoms with E-state index in [0.29, 0.717) is 5.69 Å². The summed E-state index contributed by atoms with van der Waals surface area (Å²) in [7, 11) is 0. The maximum atomic E-state index is 11.9. The average Bonchev–Trinajstić information content (AvgIpc) is 2.53. The van der Waals surface area contributed by atoms with Crippen LogP contribution in [0.5, 0.6) is 5.75 Å². The van der Waals surface area contributed by atoms with Gasteiger partial charge in [0.05, 0.1) is 4.92 Å². The molecule has 6 heteroatoms. The molecule has 2 aromatic carbocycles. The molecule has 0 saturated carbocycles. The first-order valence-electron chi connectivity index (χ1n) is 7.26. The van der Waals surface area contributed by atoms with Gasteiger partial charge >= 0.3 is 5.69 Å². The van der Waals surface area contributed by atoms with Gasteiger partial charge in [0.1, 0.15) is 0 Å². The van der Waals surface area contributed by atoms with Gasteiger partial charge in [-0.1, -0.05) is 25.1 Å². The number of rotatable bonds is 6. The summed E-state index contributed by atoms with van der Waals surface area (Å²) < 4.78 is 5.32. The molecule has 0 spiro atoms. The molecule has 0 saturated heterocycles. The Labute approximate surface area is 134 Å². The molecule has 2 aromatic rings. The number of nitro benzene ring substituents is 1. The molecule has 0 radical (unpaired) electrons. The maximum Gasteiger partial charge on any atom is 0.310 e. The van der Waals surface area contributed by atoms with Crippen molar-refractivity contribution in [3.8, 4) is 5.75 Å². The van der Waals surface area contributed by atoms with E-state index in [2.05, 4.69) is 5.32 Å². The van der Waals surface area contributed by atoms with Crippen molar-refractivity contribution < 1.29 is 14.5 Å². The lowest BCUT2D eigenvalue weighted by atomic mass is 10.1. The van der Waals surface area contributed by atoms with Crippen LogP contribution in [0.15, 0.2) is 42.5 Å². The summed E-state index contributed by atoms with van der Waals surface area (Å²) in [5.41, 5.74) is 2.45. The van der Waals surface area contributed by atoms with E-state index in [0.717, 1.165) is 17.5 Å². The number of carbonyl (C=O) groups is 1. The fraction of sp³-hybridized carbons (Fsp3) is 0.235. The Morgan fingerprint density at radius 3 is 2.74 bits per heavy atom. The zero-order valence-electron chi connectivity index (χ0n) is 13.0. The van der Waals surface area contributed by atoms with Crippen molar-refractivity contribution in [3.63, 3.8) is 0 Å². The largest absolute Gasteiger partial charge is 0.477 e. The predicted octanol–water partition coefficient (Wildman–Crippen LogP) is 3.48. The van der Waals surface area contributed by atoms with Crippen LogP contribution in [0.4, 0.5) is 11.4 Å². The van der Waals surface area contributed by atoms with Crippen molar-refractivity contribution in [1.29, 1.82) is 0 Å². The minimum absolute atomic E-state index is 0.0902. The van der Waals surface area contributed by atoms with Gasteiger partial charge in [-0.15, -0.1) is 0 Å². The van der Waals surface area contributed by atoms with E-state index in [4.69, 9.17) is 4.74 Å². The van der Waals surface area contributed by atoms with Crippen molar-refractivity contribution >= 4 is 17.3 Å². The summed E-state index contributed by atoms with van der Waals surface area (Å²) in [5, 5.41) is 13.7. The van der Waals surface area contributed by atoms with Crippen LogP contribution in [0.25, 0.3) is 0 Å². The first-order chi connectivity index (χ1) is 11.0. The summed E-state index contributed by atoms with van der Waals surface area (Å²) in [6.07, 6.45) is 0.871. The van der Waals surface area contributed by atoms with Crippen molar-refractivity contribution in [2.75, 3.05) is 11.9 Å². The molecule has 120 valence electrons. The summed E-state index contributed by atoms with van der Waals surface area (Å²) in [6, 6.07) is 12.0. The number of anilines is 1. The van der Waals surface area contributed by atoms with Crippen LogP contribution < -0.4 is 10.1 Å². The lowest BCUT2D eigenvalue weighted by Crippen LogP contribution is -2.20. The van der Waals surface area contributed by atoms with Crippen LogP contribution in [0.2, 0.25) is 0 Å². The van der Waals surface area contributed by atoms with E-state index in [-0.39, 0.29) is 24.0 Å². The van der Waals surface area contributed by atoms with Gasteiger partial charge in [-0.3, -0.25) is 14.9 Å². The summed E-state index contributed by atoms with van der Waals surface area (Å²) in [5.74, 6) is -0.276. The zero-order valence-corrected chi connectivity index (χ0v) is 13.0. The van der Waals surface area contributed by atoms with Gasteiger partial charge in [0.15, 0.2) is 12.4 Å². The molecule has 6 nitrogen and oxygen atoms in total. The van der Waals surface area contributed by atoms with E-state index in [1.807, 2.05) is 25.1 Å². The van der Waals surface area contributed by atoms with Gasteiger partial charge in [-0.25, -0.2) is 0 Å². The van der Waals surface area contributed by atoms with Gasteiger partial charge in [0, 0.05) is 11.8 Å². The van der Waals surface area contributed by atoms with Crippen LogP contribution in [0.3, 0.4) is 0 Å². The Kier molecular flexibility index (Phi) is 5.30. The normalized spacial score (nSPS) is 10.2. The summed E-state index contributed by atoms with van der Waals surface area (Å²) in [6.45, 7) is 3.54. The highest BCUT2D eigenvalue weighted by Crippen LogP contribution is 2.27. The van der Waals surface area contributed by atoms with Gasteiger partial charge in [0.2, 0.25) is 0 Å². The Morgan fingerprint density at radius 1 is 1.26 bits per heavy atom. The Balaban J connectivity index is 2.02. The van der Waals surface area contributed by atoms with Crippen LogP contribution in [0.1, 0.15) is 18.1 Å². The first-order valence-corrected chi connectivity index (χ1v) is 7.26. The second-order valence-electron chi connectivity index (χ2n) is 5.12. The zero-order chi connectivity index (χ0) is 16.8. The van der Waals surface area contributed by atoms with Crippen molar-refractivity contribution in [2.24, 2.45) is 0 Å². The number of amides is 1. The third-order valence-electron chi connectivity index (χ3n) is 3.29. The van der Waals surface area contributed by atoms with Crippen LogP contribution >= 0.6 is 0 Å². The minimum Gasteiger partial charge on any atom is -0.477 e. The molecule has 0 fully saturated rings. The quantitative estimate of drug-likeness (QED) is 0.653. The van der Waals surface area contributed by atoms with E-state index < -0.39 is 4.92 Å². The topological polar surface area (TPSA) is 81.5 Å². The van der Waals surface area contributed by atoms with Crippen molar-refractivity contribution in [1.82, 2.24) is 0 Å². The second kappa shape index (κ2) is 7.40. The minimum atomic E-state index is -0.530. The number of aryl methyl sites for hydroxylation is 2. The number of benzene rings is 2.